The van der Waals surface area contributed by atoms with Crippen LogP contribution in [0, 0.1) is 0 Å². The van der Waals surface area contributed by atoms with E-state index in [-0.39, 0.29) is 0 Å². The molecule has 0 saturated heterocycles. The van der Waals surface area contributed by atoms with Gasteiger partial charge in [-0.15, -0.1) is 0 Å². The van der Waals surface area contributed by atoms with Gasteiger partial charge in [-0.3, -0.25) is 0 Å². The minimum Gasteiger partial charge on any atom is -0.456 e. The summed E-state index contributed by atoms with van der Waals surface area (Å²) in [6, 6.07) is 55.7. The molecule has 5 heteroatoms. The molecule has 0 saturated carbocycles. The lowest BCUT2D eigenvalue weighted by Crippen LogP contribution is -2.00. The van der Waals surface area contributed by atoms with Crippen LogP contribution in [0.3, 0.4) is 0 Å². The molecule has 0 unspecified atom stereocenters. The van der Waals surface area contributed by atoms with Gasteiger partial charge in [-0.1, -0.05) is 127 Å². The predicted octanol–water partition coefficient (Wildman–Crippen LogP) is 12.0. The standard InChI is InChI=1S/C45H27N3O2/c1-4-13-28(14-5-1)32-25-36-33-19-10-11-21-38(33)50-42(36)37(26-32)34-20-12-22-39-41(34)35-24-23-31(27-40(35)49-39)45-47-43(29-15-6-2-7-16-29)46-44(48-45)30-17-8-3-9-18-30/h1-27H. The lowest BCUT2D eigenvalue weighted by atomic mass is 9.93. The Morgan fingerprint density at radius 1 is 0.320 bits per heavy atom. The summed E-state index contributed by atoms with van der Waals surface area (Å²) in [4.78, 5) is 14.7. The van der Waals surface area contributed by atoms with E-state index in [1.165, 1.54) is 0 Å². The van der Waals surface area contributed by atoms with Crippen LogP contribution in [0.5, 0.6) is 0 Å². The smallest absolute Gasteiger partial charge is 0.164 e. The van der Waals surface area contributed by atoms with Crippen LogP contribution in [0.4, 0.5) is 0 Å². The number of hydrogen-bond acceptors (Lipinski definition) is 5. The summed E-state index contributed by atoms with van der Waals surface area (Å²) in [6.07, 6.45) is 0. The third kappa shape index (κ3) is 4.67. The van der Waals surface area contributed by atoms with E-state index in [4.69, 9.17) is 23.8 Å². The van der Waals surface area contributed by atoms with Gasteiger partial charge in [0.1, 0.15) is 22.3 Å². The zero-order valence-electron chi connectivity index (χ0n) is 26.7. The third-order valence-electron chi connectivity index (χ3n) is 9.33. The summed E-state index contributed by atoms with van der Waals surface area (Å²) >= 11 is 0. The van der Waals surface area contributed by atoms with E-state index in [1.54, 1.807) is 0 Å². The van der Waals surface area contributed by atoms with Gasteiger partial charge in [0.2, 0.25) is 0 Å². The molecular weight excluding hydrogens is 615 g/mol. The topological polar surface area (TPSA) is 65.0 Å². The van der Waals surface area contributed by atoms with E-state index in [1.807, 2.05) is 91.0 Å². The third-order valence-corrected chi connectivity index (χ3v) is 9.33. The molecule has 5 nitrogen and oxygen atoms in total. The predicted molar refractivity (Wildman–Crippen MR) is 202 cm³/mol. The maximum absolute atomic E-state index is 6.59. The Morgan fingerprint density at radius 2 is 0.920 bits per heavy atom. The molecule has 10 aromatic rings. The molecule has 7 aromatic carbocycles. The molecule has 0 aliphatic heterocycles. The van der Waals surface area contributed by atoms with Gasteiger partial charge in [0.25, 0.3) is 0 Å². The second-order valence-electron chi connectivity index (χ2n) is 12.4. The fraction of sp³-hybridized carbons (Fsp3) is 0. The van der Waals surface area contributed by atoms with Crippen LogP contribution in [0.2, 0.25) is 0 Å². The lowest BCUT2D eigenvalue weighted by Gasteiger charge is -2.10. The molecule has 234 valence electrons. The molecule has 0 aliphatic rings. The van der Waals surface area contributed by atoms with Crippen LogP contribution >= 0.6 is 0 Å². The van der Waals surface area contributed by atoms with Crippen molar-refractivity contribution in [1.29, 1.82) is 0 Å². The number of hydrogen-bond donors (Lipinski definition) is 0. The van der Waals surface area contributed by atoms with Crippen molar-refractivity contribution >= 4 is 43.9 Å². The average molecular weight is 642 g/mol. The molecule has 3 aromatic heterocycles. The van der Waals surface area contributed by atoms with Crippen molar-refractivity contribution in [3.05, 3.63) is 164 Å². The van der Waals surface area contributed by atoms with Crippen molar-refractivity contribution < 1.29 is 8.83 Å². The number of benzene rings is 7. The Kier molecular flexibility index (Phi) is 6.42. The summed E-state index contributed by atoms with van der Waals surface area (Å²) in [5.41, 5.74) is 10.3. The Labute approximate surface area is 287 Å². The van der Waals surface area contributed by atoms with Gasteiger partial charge in [0.15, 0.2) is 17.5 Å². The fourth-order valence-electron chi connectivity index (χ4n) is 6.95. The highest BCUT2D eigenvalue weighted by Gasteiger charge is 2.20. The summed E-state index contributed by atoms with van der Waals surface area (Å²) in [6.45, 7) is 0. The van der Waals surface area contributed by atoms with E-state index in [2.05, 4.69) is 72.8 Å². The van der Waals surface area contributed by atoms with E-state index < -0.39 is 0 Å². The quantitative estimate of drug-likeness (QED) is 0.187. The Bertz CT molecular complexity index is 2800. The summed E-state index contributed by atoms with van der Waals surface area (Å²) in [5, 5.41) is 4.22. The second-order valence-corrected chi connectivity index (χ2v) is 12.4. The van der Waals surface area contributed by atoms with Gasteiger partial charge in [0.05, 0.1) is 0 Å². The van der Waals surface area contributed by atoms with Gasteiger partial charge in [0, 0.05) is 43.8 Å². The van der Waals surface area contributed by atoms with Gasteiger partial charge in [-0.05, 0) is 53.1 Å². The summed E-state index contributed by atoms with van der Waals surface area (Å²) in [5.74, 6) is 1.82. The van der Waals surface area contributed by atoms with Crippen LogP contribution < -0.4 is 0 Å². The number of furan rings is 2. The van der Waals surface area contributed by atoms with E-state index in [0.29, 0.717) is 17.5 Å². The normalized spacial score (nSPS) is 11.6. The van der Waals surface area contributed by atoms with Crippen molar-refractivity contribution in [3.8, 4) is 56.4 Å². The highest BCUT2D eigenvalue weighted by molar-refractivity contribution is 6.18. The Hall–Kier alpha value is -6.85. The zero-order valence-corrected chi connectivity index (χ0v) is 26.7. The van der Waals surface area contributed by atoms with Crippen LogP contribution in [-0.2, 0) is 0 Å². The van der Waals surface area contributed by atoms with Crippen molar-refractivity contribution in [2.45, 2.75) is 0 Å². The molecule has 0 radical (unpaired) electrons. The van der Waals surface area contributed by atoms with E-state index in [0.717, 1.165) is 82.8 Å². The molecule has 0 atom stereocenters. The molecule has 0 amide bonds. The van der Waals surface area contributed by atoms with Crippen LogP contribution in [0.15, 0.2) is 173 Å². The van der Waals surface area contributed by atoms with Crippen molar-refractivity contribution in [3.63, 3.8) is 0 Å². The Balaban J connectivity index is 1.18. The van der Waals surface area contributed by atoms with Gasteiger partial charge in [-0.2, -0.15) is 0 Å². The number of fused-ring (bicyclic) bond motifs is 6. The second kappa shape index (κ2) is 11.4. The maximum atomic E-state index is 6.59. The van der Waals surface area contributed by atoms with Crippen LogP contribution in [0.25, 0.3) is 100 Å². The maximum Gasteiger partial charge on any atom is 0.164 e. The molecule has 3 heterocycles. The number of para-hydroxylation sites is 1. The van der Waals surface area contributed by atoms with Crippen molar-refractivity contribution in [2.75, 3.05) is 0 Å². The highest BCUT2D eigenvalue weighted by Crippen LogP contribution is 2.44. The molecule has 0 N–H and O–H groups in total. The molecule has 0 aliphatic carbocycles. The van der Waals surface area contributed by atoms with Gasteiger partial charge in [-0.25, -0.2) is 15.0 Å². The molecule has 0 fully saturated rings. The van der Waals surface area contributed by atoms with Crippen molar-refractivity contribution in [2.24, 2.45) is 0 Å². The lowest BCUT2D eigenvalue weighted by molar-refractivity contribution is 0.669. The number of aromatic nitrogens is 3. The first-order valence-corrected chi connectivity index (χ1v) is 16.6. The monoisotopic (exact) mass is 641 g/mol. The minimum atomic E-state index is 0.583. The summed E-state index contributed by atoms with van der Waals surface area (Å²) < 4.78 is 13.2. The zero-order chi connectivity index (χ0) is 33.0. The first kappa shape index (κ1) is 28.2. The number of rotatable bonds is 5. The largest absolute Gasteiger partial charge is 0.456 e. The fourth-order valence-corrected chi connectivity index (χ4v) is 6.95. The molecule has 50 heavy (non-hydrogen) atoms. The SMILES string of the molecule is c1ccc(-c2cc(-c3cccc4oc5cc(-c6nc(-c7ccccc7)nc(-c7ccccc7)n6)ccc5c34)c3oc4ccccc4c3c2)cc1. The molecule has 0 spiro atoms. The summed E-state index contributed by atoms with van der Waals surface area (Å²) in [7, 11) is 0. The van der Waals surface area contributed by atoms with E-state index >= 15 is 0 Å². The first-order chi connectivity index (χ1) is 24.8. The van der Waals surface area contributed by atoms with Gasteiger partial charge >= 0.3 is 0 Å². The Morgan fingerprint density at radius 3 is 1.62 bits per heavy atom. The van der Waals surface area contributed by atoms with Crippen LogP contribution in [-0.4, -0.2) is 15.0 Å². The minimum absolute atomic E-state index is 0.583. The number of nitrogens with zero attached hydrogens (tertiary/aromatic N) is 3. The molecule has 0 bridgehead atoms. The van der Waals surface area contributed by atoms with E-state index in [9.17, 15) is 0 Å². The van der Waals surface area contributed by atoms with Crippen molar-refractivity contribution in [1.82, 2.24) is 15.0 Å². The average Bonchev–Trinajstić information content (AvgIpc) is 3.76. The first-order valence-electron chi connectivity index (χ1n) is 16.6. The molecular formula is C45H27N3O2. The highest BCUT2D eigenvalue weighted by atomic mass is 16.3. The van der Waals surface area contributed by atoms with Gasteiger partial charge < -0.3 is 8.83 Å². The van der Waals surface area contributed by atoms with Crippen LogP contribution in [0.1, 0.15) is 0 Å². The molecule has 10 rings (SSSR count).